The van der Waals surface area contributed by atoms with E-state index in [1.165, 1.54) is 18.5 Å². The van der Waals surface area contributed by atoms with Gasteiger partial charge >= 0.3 is 5.97 Å². The molecule has 0 aromatic carbocycles. The topological polar surface area (TPSA) is 125 Å². The van der Waals surface area contributed by atoms with Crippen LogP contribution in [0.2, 0.25) is 0 Å². The van der Waals surface area contributed by atoms with Crippen molar-refractivity contribution in [2.45, 2.75) is 12.5 Å². The average Bonchev–Trinajstić information content (AvgIpc) is 2.37. The van der Waals surface area contributed by atoms with Gasteiger partial charge in [-0.3, -0.25) is 14.4 Å². The zero-order valence-electron chi connectivity index (χ0n) is 11.0. The number of rotatable bonds is 3. The molecule has 0 radical (unpaired) electrons. The Labute approximate surface area is 120 Å². The van der Waals surface area contributed by atoms with Crippen molar-refractivity contribution in [3.05, 3.63) is 34.2 Å². The first kappa shape index (κ1) is 15.2. The normalized spacial score (nSPS) is 21.0. The number of aromatic nitrogens is 1. The van der Waals surface area contributed by atoms with Crippen molar-refractivity contribution in [1.29, 1.82) is 0 Å². The van der Waals surface area contributed by atoms with Crippen molar-refractivity contribution < 1.29 is 23.1 Å². The summed E-state index contributed by atoms with van der Waals surface area (Å²) in [6.07, 6.45) is 2.12. The van der Waals surface area contributed by atoms with Gasteiger partial charge in [-0.25, -0.2) is 8.42 Å². The first-order chi connectivity index (χ1) is 9.80. The van der Waals surface area contributed by atoms with E-state index in [1.807, 2.05) is 0 Å². The van der Waals surface area contributed by atoms with Gasteiger partial charge in [-0.1, -0.05) is 0 Å². The SMILES string of the molecule is O=C(O)CC1CS(=O)(=O)CCN1C(=O)c1c[nH]ccc1=O. The highest BCUT2D eigenvalue weighted by molar-refractivity contribution is 7.91. The number of nitrogens with one attached hydrogen (secondary N) is 1. The Morgan fingerprint density at radius 1 is 1.43 bits per heavy atom. The number of aromatic amines is 1. The Morgan fingerprint density at radius 2 is 2.14 bits per heavy atom. The quantitative estimate of drug-likeness (QED) is 0.744. The first-order valence-electron chi connectivity index (χ1n) is 6.20. The number of hydrogen-bond donors (Lipinski definition) is 2. The van der Waals surface area contributed by atoms with Gasteiger partial charge in [0.15, 0.2) is 15.3 Å². The monoisotopic (exact) mass is 314 g/mol. The molecule has 0 aliphatic carbocycles. The summed E-state index contributed by atoms with van der Waals surface area (Å²) in [5, 5.41) is 8.86. The Kier molecular flexibility index (Phi) is 4.12. The molecule has 0 saturated carbocycles. The highest BCUT2D eigenvalue weighted by Crippen LogP contribution is 2.17. The molecule has 1 aromatic heterocycles. The van der Waals surface area contributed by atoms with E-state index in [0.29, 0.717) is 0 Å². The van der Waals surface area contributed by atoms with Gasteiger partial charge in [0.25, 0.3) is 5.91 Å². The van der Waals surface area contributed by atoms with E-state index in [9.17, 15) is 22.8 Å². The lowest BCUT2D eigenvalue weighted by Crippen LogP contribution is -2.52. The molecule has 1 amide bonds. The van der Waals surface area contributed by atoms with E-state index in [0.717, 1.165) is 4.90 Å². The summed E-state index contributed by atoms with van der Waals surface area (Å²) < 4.78 is 23.2. The number of H-pyrrole nitrogens is 1. The Morgan fingerprint density at radius 3 is 2.76 bits per heavy atom. The molecule has 2 N–H and O–H groups in total. The molecule has 1 fully saturated rings. The number of carbonyl (C=O) groups is 2. The van der Waals surface area contributed by atoms with Crippen molar-refractivity contribution in [2.24, 2.45) is 0 Å². The molecule has 0 spiro atoms. The third kappa shape index (κ3) is 3.48. The summed E-state index contributed by atoms with van der Waals surface area (Å²) >= 11 is 0. The maximum atomic E-state index is 12.3. The lowest BCUT2D eigenvalue weighted by Gasteiger charge is -2.34. The predicted molar refractivity (Wildman–Crippen MR) is 72.8 cm³/mol. The minimum absolute atomic E-state index is 0.118. The predicted octanol–water partition coefficient (Wildman–Crippen LogP) is -0.911. The standard InChI is InChI=1S/C12H14N2O6S/c15-10-1-2-13-6-9(10)12(18)14-3-4-21(19,20)7-8(14)5-11(16)17/h1-2,6,8H,3-5,7H2,(H,13,15)(H,16,17). The molecule has 21 heavy (non-hydrogen) atoms. The number of amides is 1. The van der Waals surface area contributed by atoms with Crippen molar-refractivity contribution in [3.8, 4) is 0 Å². The van der Waals surface area contributed by atoms with Gasteiger partial charge in [-0.05, 0) is 0 Å². The highest BCUT2D eigenvalue weighted by atomic mass is 32.2. The summed E-state index contributed by atoms with van der Waals surface area (Å²) in [7, 11) is -3.38. The maximum Gasteiger partial charge on any atom is 0.305 e. The molecule has 9 heteroatoms. The molecule has 114 valence electrons. The van der Waals surface area contributed by atoms with E-state index in [4.69, 9.17) is 5.11 Å². The molecular weight excluding hydrogens is 300 g/mol. The summed E-state index contributed by atoms with van der Waals surface area (Å²) in [6, 6.07) is 0.216. The fourth-order valence-electron chi connectivity index (χ4n) is 2.26. The second-order valence-electron chi connectivity index (χ2n) is 4.79. The number of carbonyl (C=O) groups excluding carboxylic acids is 1. The van der Waals surface area contributed by atoms with Crippen LogP contribution in [0.25, 0.3) is 0 Å². The second kappa shape index (κ2) is 5.68. The average molecular weight is 314 g/mol. The Hall–Kier alpha value is -2.16. The van der Waals surface area contributed by atoms with Crippen LogP contribution in [0.3, 0.4) is 0 Å². The van der Waals surface area contributed by atoms with E-state index in [2.05, 4.69) is 4.98 Å². The van der Waals surface area contributed by atoms with Gasteiger partial charge in [-0.2, -0.15) is 0 Å². The van der Waals surface area contributed by atoms with Crippen molar-refractivity contribution in [2.75, 3.05) is 18.1 Å². The third-order valence-electron chi connectivity index (χ3n) is 3.26. The van der Waals surface area contributed by atoms with Gasteiger partial charge in [-0.15, -0.1) is 0 Å². The molecule has 0 bridgehead atoms. The number of hydrogen-bond acceptors (Lipinski definition) is 5. The fraction of sp³-hybridized carbons (Fsp3) is 0.417. The molecule has 2 heterocycles. The third-order valence-corrected chi connectivity index (χ3v) is 4.95. The molecule has 1 atom stereocenters. The van der Waals surface area contributed by atoms with Crippen LogP contribution in [0, 0.1) is 0 Å². The van der Waals surface area contributed by atoms with Crippen LogP contribution < -0.4 is 5.43 Å². The Balaban J connectivity index is 2.32. The van der Waals surface area contributed by atoms with Gasteiger partial charge in [0, 0.05) is 25.0 Å². The molecule has 1 aliphatic rings. The van der Waals surface area contributed by atoms with E-state index in [1.54, 1.807) is 0 Å². The summed E-state index contributed by atoms with van der Waals surface area (Å²) in [4.78, 5) is 38.6. The molecule has 2 rings (SSSR count). The van der Waals surface area contributed by atoms with Gasteiger partial charge < -0.3 is 15.0 Å². The highest BCUT2D eigenvalue weighted by Gasteiger charge is 2.36. The van der Waals surface area contributed by atoms with Gasteiger partial charge in [0.2, 0.25) is 0 Å². The molecule has 1 unspecified atom stereocenters. The van der Waals surface area contributed by atoms with E-state index in [-0.39, 0.29) is 17.9 Å². The molecular formula is C12H14N2O6S. The van der Waals surface area contributed by atoms with Crippen LogP contribution in [-0.4, -0.2) is 59.4 Å². The van der Waals surface area contributed by atoms with Crippen molar-refractivity contribution in [3.63, 3.8) is 0 Å². The summed E-state index contributed by atoms with van der Waals surface area (Å²) in [6.45, 7) is -0.118. The van der Waals surface area contributed by atoms with Crippen LogP contribution in [0.4, 0.5) is 0 Å². The molecule has 1 saturated heterocycles. The largest absolute Gasteiger partial charge is 0.481 e. The fourth-order valence-corrected chi connectivity index (χ4v) is 3.79. The lowest BCUT2D eigenvalue weighted by molar-refractivity contribution is -0.138. The van der Waals surface area contributed by atoms with Gasteiger partial charge in [0.1, 0.15) is 5.56 Å². The lowest BCUT2D eigenvalue weighted by atomic mass is 10.1. The van der Waals surface area contributed by atoms with Crippen LogP contribution >= 0.6 is 0 Å². The Bertz CT molecular complexity index is 723. The summed E-state index contributed by atoms with van der Waals surface area (Å²) in [5.74, 6) is -2.50. The van der Waals surface area contributed by atoms with Crippen molar-refractivity contribution in [1.82, 2.24) is 9.88 Å². The minimum atomic E-state index is -3.38. The minimum Gasteiger partial charge on any atom is -0.481 e. The van der Waals surface area contributed by atoms with Crippen LogP contribution in [0.1, 0.15) is 16.8 Å². The maximum absolute atomic E-state index is 12.3. The first-order valence-corrected chi connectivity index (χ1v) is 8.02. The van der Waals surface area contributed by atoms with Crippen LogP contribution in [0.5, 0.6) is 0 Å². The number of aliphatic carboxylic acids is 1. The van der Waals surface area contributed by atoms with Gasteiger partial charge in [0.05, 0.1) is 24.0 Å². The number of pyridine rings is 1. The smallest absolute Gasteiger partial charge is 0.305 e. The van der Waals surface area contributed by atoms with E-state index < -0.39 is 45.4 Å². The summed E-state index contributed by atoms with van der Waals surface area (Å²) in [5.41, 5.74) is -0.631. The number of carboxylic acids is 1. The molecule has 8 nitrogen and oxygen atoms in total. The second-order valence-corrected chi connectivity index (χ2v) is 7.02. The molecule has 1 aromatic rings. The zero-order chi connectivity index (χ0) is 15.6. The number of sulfone groups is 1. The van der Waals surface area contributed by atoms with Crippen LogP contribution in [-0.2, 0) is 14.6 Å². The number of nitrogens with zero attached hydrogens (tertiary/aromatic N) is 1. The van der Waals surface area contributed by atoms with E-state index >= 15 is 0 Å². The van der Waals surface area contributed by atoms with Crippen LogP contribution in [0.15, 0.2) is 23.3 Å². The zero-order valence-corrected chi connectivity index (χ0v) is 11.8. The van der Waals surface area contributed by atoms with Crippen molar-refractivity contribution >= 4 is 21.7 Å². The molecule has 1 aliphatic heterocycles. The number of carboxylic acid groups (broad SMARTS) is 1.